The first kappa shape index (κ1) is 20.3. The fraction of sp³-hybridized carbons (Fsp3) is 0.333. The molecule has 1 amide bonds. The normalized spacial score (nSPS) is 11.4. The highest BCUT2D eigenvalue weighted by molar-refractivity contribution is 5.94. The average molecular weight is 371 g/mol. The summed E-state index contributed by atoms with van der Waals surface area (Å²) in [6.45, 7) is 7.04. The van der Waals surface area contributed by atoms with Crippen molar-refractivity contribution >= 4 is 17.6 Å². The number of nitrogens with one attached hydrogen (secondary N) is 1. The van der Waals surface area contributed by atoms with Crippen molar-refractivity contribution < 1.29 is 23.8 Å². The molecule has 0 saturated carbocycles. The summed E-state index contributed by atoms with van der Waals surface area (Å²) in [6.07, 6.45) is -0.839. The van der Waals surface area contributed by atoms with Crippen LogP contribution >= 0.6 is 0 Å². The van der Waals surface area contributed by atoms with Crippen molar-refractivity contribution in [3.63, 3.8) is 0 Å². The van der Waals surface area contributed by atoms with Gasteiger partial charge in [-0.15, -0.1) is 0 Å². The molecule has 0 aliphatic heterocycles. The van der Waals surface area contributed by atoms with Crippen LogP contribution in [0.25, 0.3) is 0 Å². The van der Waals surface area contributed by atoms with Gasteiger partial charge >= 0.3 is 5.97 Å². The van der Waals surface area contributed by atoms with Gasteiger partial charge < -0.3 is 19.5 Å². The number of benzene rings is 2. The molecule has 0 spiro atoms. The molecule has 6 heteroatoms. The van der Waals surface area contributed by atoms with Crippen molar-refractivity contribution in [1.29, 1.82) is 0 Å². The number of methoxy groups -OCH3 is 1. The van der Waals surface area contributed by atoms with Gasteiger partial charge in [-0.25, -0.2) is 4.79 Å². The van der Waals surface area contributed by atoms with E-state index in [0.29, 0.717) is 11.5 Å². The van der Waals surface area contributed by atoms with Gasteiger partial charge in [-0.2, -0.15) is 0 Å². The van der Waals surface area contributed by atoms with E-state index in [9.17, 15) is 9.59 Å². The van der Waals surface area contributed by atoms with Gasteiger partial charge in [0.05, 0.1) is 7.11 Å². The minimum atomic E-state index is -0.839. The van der Waals surface area contributed by atoms with E-state index >= 15 is 0 Å². The van der Waals surface area contributed by atoms with E-state index in [-0.39, 0.29) is 6.61 Å². The molecular formula is C21H25NO5. The lowest BCUT2D eigenvalue weighted by Gasteiger charge is -2.15. The van der Waals surface area contributed by atoms with Crippen LogP contribution in [-0.4, -0.2) is 31.7 Å². The molecule has 0 saturated heterocycles. The van der Waals surface area contributed by atoms with Gasteiger partial charge in [-0.05, 0) is 63.1 Å². The van der Waals surface area contributed by atoms with E-state index in [0.717, 1.165) is 22.4 Å². The standard InChI is InChI=1S/C21H25NO5/c1-13-10-14(2)20(15(3)11-13)22-19(23)12-26-21(24)16(4)27-18-8-6-17(25-5)7-9-18/h6-11,16H,12H2,1-5H3,(H,22,23). The second-order valence-corrected chi connectivity index (χ2v) is 6.37. The summed E-state index contributed by atoms with van der Waals surface area (Å²) in [5.41, 5.74) is 3.79. The van der Waals surface area contributed by atoms with Crippen LogP contribution in [0.3, 0.4) is 0 Å². The number of aryl methyl sites for hydroxylation is 3. The van der Waals surface area contributed by atoms with Gasteiger partial charge in [0, 0.05) is 5.69 Å². The van der Waals surface area contributed by atoms with Crippen molar-refractivity contribution in [3.05, 3.63) is 53.1 Å². The molecule has 1 atom stereocenters. The zero-order chi connectivity index (χ0) is 20.0. The molecule has 2 rings (SSSR count). The number of esters is 1. The maximum absolute atomic E-state index is 12.1. The van der Waals surface area contributed by atoms with Crippen LogP contribution in [0, 0.1) is 20.8 Å². The quantitative estimate of drug-likeness (QED) is 0.753. The van der Waals surface area contributed by atoms with Crippen LogP contribution in [-0.2, 0) is 14.3 Å². The van der Waals surface area contributed by atoms with Crippen molar-refractivity contribution in [1.82, 2.24) is 0 Å². The van der Waals surface area contributed by atoms with Gasteiger partial charge in [0.1, 0.15) is 11.5 Å². The van der Waals surface area contributed by atoms with Crippen molar-refractivity contribution in [2.75, 3.05) is 19.0 Å². The topological polar surface area (TPSA) is 73.9 Å². The Morgan fingerprint density at radius 2 is 1.56 bits per heavy atom. The highest BCUT2D eigenvalue weighted by Crippen LogP contribution is 2.22. The number of hydrogen-bond acceptors (Lipinski definition) is 5. The van der Waals surface area contributed by atoms with E-state index in [1.165, 1.54) is 0 Å². The highest BCUT2D eigenvalue weighted by Gasteiger charge is 2.18. The third kappa shape index (κ3) is 5.74. The number of rotatable bonds is 7. The Balaban J connectivity index is 1.86. The van der Waals surface area contributed by atoms with Gasteiger partial charge in [-0.3, -0.25) is 4.79 Å². The minimum absolute atomic E-state index is 0.373. The summed E-state index contributed by atoms with van der Waals surface area (Å²) < 4.78 is 15.6. The number of hydrogen-bond donors (Lipinski definition) is 1. The molecule has 6 nitrogen and oxygen atoms in total. The smallest absolute Gasteiger partial charge is 0.347 e. The molecule has 0 aliphatic carbocycles. The van der Waals surface area contributed by atoms with Gasteiger partial charge in [0.25, 0.3) is 5.91 Å². The first-order valence-electron chi connectivity index (χ1n) is 8.65. The maximum Gasteiger partial charge on any atom is 0.347 e. The zero-order valence-electron chi connectivity index (χ0n) is 16.3. The molecule has 0 radical (unpaired) electrons. The van der Waals surface area contributed by atoms with E-state index in [1.807, 2.05) is 32.9 Å². The molecule has 0 fully saturated rings. The third-order valence-corrected chi connectivity index (χ3v) is 3.99. The Kier molecular flexibility index (Phi) is 6.82. The van der Waals surface area contributed by atoms with Crippen LogP contribution in [0.1, 0.15) is 23.6 Å². The van der Waals surface area contributed by atoms with Crippen LogP contribution in [0.4, 0.5) is 5.69 Å². The Bertz CT molecular complexity index is 791. The molecule has 1 unspecified atom stereocenters. The molecule has 27 heavy (non-hydrogen) atoms. The van der Waals surface area contributed by atoms with E-state index in [2.05, 4.69) is 5.32 Å². The predicted octanol–water partition coefficient (Wildman–Crippen LogP) is 3.57. The number of carbonyl (C=O) groups is 2. The highest BCUT2D eigenvalue weighted by atomic mass is 16.6. The van der Waals surface area contributed by atoms with Crippen LogP contribution < -0.4 is 14.8 Å². The molecule has 0 aromatic heterocycles. The Morgan fingerprint density at radius 1 is 1.00 bits per heavy atom. The summed E-state index contributed by atoms with van der Waals surface area (Å²) in [6, 6.07) is 10.8. The van der Waals surface area contributed by atoms with Crippen molar-refractivity contribution in [2.45, 2.75) is 33.8 Å². The monoisotopic (exact) mass is 371 g/mol. The lowest BCUT2D eigenvalue weighted by molar-refractivity contribution is -0.153. The fourth-order valence-corrected chi connectivity index (χ4v) is 2.71. The number of amides is 1. The van der Waals surface area contributed by atoms with Crippen molar-refractivity contribution in [2.24, 2.45) is 0 Å². The van der Waals surface area contributed by atoms with Gasteiger partial charge in [0.15, 0.2) is 12.7 Å². The number of carbonyl (C=O) groups excluding carboxylic acids is 2. The maximum atomic E-state index is 12.1. The number of ether oxygens (including phenoxy) is 3. The SMILES string of the molecule is COc1ccc(OC(C)C(=O)OCC(=O)Nc2c(C)cc(C)cc2C)cc1. The third-order valence-electron chi connectivity index (χ3n) is 3.99. The van der Waals surface area contributed by atoms with Crippen LogP contribution in [0.15, 0.2) is 36.4 Å². The summed E-state index contributed by atoms with van der Waals surface area (Å²) in [5.74, 6) is 0.194. The van der Waals surface area contributed by atoms with Crippen molar-refractivity contribution in [3.8, 4) is 11.5 Å². The Morgan fingerprint density at radius 3 is 2.11 bits per heavy atom. The number of anilines is 1. The second-order valence-electron chi connectivity index (χ2n) is 6.37. The first-order chi connectivity index (χ1) is 12.8. The second kappa shape index (κ2) is 9.07. The Labute approximate surface area is 159 Å². The van der Waals surface area contributed by atoms with E-state index in [1.54, 1.807) is 38.3 Å². The lowest BCUT2D eigenvalue weighted by Crippen LogP contribution is -2.30. The average Bonchev–Trinajstić information content (AvgIpc) is 2.63. The molecule has 1 N–H and O–H groups in total. The molecule has 144 valence electrons. The van der Waals surface area contributed by atoms with Crippen LogP contribution in [0.2, 0.25) is 0 Å². The summed E-state index contributed by atoms with van der Waals surface area (Å²) >= 11 is 0. The van der Waals surface area contributed by atoms with Gasteiger partial charge in [-0.1, -0.05) is 17.7 Å². The summed E-state index contributed by atoms with van der Waals surface area (Å²) in [7, 11) is 1.57. The summed E-state index contributed by atoms with van der Waals surface area (Å²) in [5, 5.41) is 2.79. The minimum Gasteiger partial charge on any atom is -0.497 e. The molecule has 0 heterocycles. The molecule has 0 bridgehead atoms. The van der Waals surface area contributed by atoms with E-state index in [4.69, 9.17) is 14.2 Å². The summed E-state index contributed by atoms with van der Waals surface area (Å²) in [4.78, 5) is 24.2. The lowest BCUT2D eigenvalue weighted by atomic mass is 10.1. The molecule has 0 aliphatic rings. The van der Waals surface area contributed by atoms with Gasteiger partial charge in [0.2, 0.25) is 0 Å². The predicted molar refractivity (Wildman–Crippen MR) is 103 cm³/mol. The van der Waals surface area contributed by atoms with E-state index < -0.39 is 18.0 Å². The largest absolute Gasteiger partial charge is 0.497 e. The molecule has 2 aromatic rings. The first-order valence-corrected chi connectivity index (χ1v) is 8.65. The molecule has 2 aromatic carbocycles. The fourth-order valence-electron chi connectivity index (χ4n) is 2.71. The zero-order valence-corrected chi connectivity index (χ0v) is 16.3. The molecular weight excluding hydrogens is 346 g/mol. The Hall–Kier alpha value is -3.02. The van der Waals surface area contributed by atoms with Crippen LogP contribution in [0.5, 0.6) is 11.5 Å².